The first-order chi connectivity index (χ1) is 6.15. The number of anilines is 1. The van der Waals surface area contributed by atoms with Crippen LogP contribution in [0.4, 0.5) is 5.69 Å². The number of hydrogen-bond donors (Lipinski definition) is 1. The fourth-order valence-electron chi connectivity index (χ4n) is 1.24. The highest BCUT2D eigenvalue weighted by molar-refractivity contribution is 5.67. The molecule has 1 aromatic carbocycles. The van der Waals surface area contributed by atoms with Crippen LogP contribution < -0.4 is 5.73 Å². The van der Waals surface area contributed by atoms with Gasteiger partial charge in [-0.15, -0.1) is 0 Å². The molecule has 1 heteroatoms. The molecule has 1 nitrogen and oxygen atoms in total. The van der Waals surface area contributed by atoms with Crippen LogP contribution >= 0.6 is 0 Å². The SMILES string of the molecule is CCC(C)=C(C)c1ccc(N)cc1. The molecule has 1 rings (SSSR count). The maximum absolute atomic E-state index is 5.62. The summed E-state index contributed by atoms with van der Waals surface area (Å²) in [6.07, 6.45) is 1.11. The lowest BCUT2D eigenvalue weighted by atomic mass is 10.0. The van der Waals surface area contributed by atoms with E-state index in [2.05, 4.69) is 32.9 Å². The Morgan fingerprint density at radius 3 is 2.15 bits per heavy atom. The summed E-state index contributed by atoms with van der Waals surface area (Å²) in [5.41, 5.74) is 10.5. The Morgan fingerprint density at radius 2 is 1.69 bits per heavy atom. The number of allylic oxidation sites excluding steroid dienone is 2. The molecule has 0 radical (unpaired) electrons. The van der Waals surface area contributed by atoms with Gasteiger partial charge >= 0.3 is 0 Å². The van der Waals surface area contributed by atoms with Gasteiger partial charge in [-0.25, -0.2) is 0 Å². The zero-order valence-corrected chi connectivity index (χ0v) is 8.59. The monoisotopic (exact) mass is 175 g/mol. The largest absolute Gasteiger partial charge is 0.399 e. The third-order valence-corrected chi connectivity index (χ3v) is 2.51. The predicted molar refractivity (Wildman–Crippen MR) is 59.4 cm³/mol. The second-order valence-electron chi connectivity index (χ2n) is 3.38. The molecule has 0 aliphatic heterocycles. The molecule has 0 amide bonds. The summed E-state index contributed by atoms with van der Waals surface area (Å²) in [5, 5.41) is 0. The van der Waals surface area contributed by atoms with Gasteiger partial charge in [0.2, 0.25) is 0 Å². The van der Waals surface area contributed by atoms with Crippen molar-refractivity contribution in [2.45, 2.75) is 27.2 Å². The van der Waals surface area contributed by atoms with Gasteiger partial charge in [0.1, 0.15) is 0 Å². The number of benzene rings is 1. The van der Waals surface area contributed by atoms with Crippen LogP contribution in [0.15, 0.2) is 29.8 Å². The van der Waals surface area contributed by atoms with Gasteiger partial charge < -0.3 is 5.73 Å². The van der Waals surface area contributed by atoms with Crippen molar-refractivity contribution < 1.29 is 0 Å². The van der Waals surface area contributed by atoms with Crippen LogP contribution in [0.5, 0.6) is 0 Å². The minimum atomic E-state index is 0.825. The first-order valence-corrected chi connectivity index (χ1v) is 4.67. The fraction of sp³-hybridized carbons (Fsp3) is 0.333. The highest BCUT2D eigenvalue weighted by Crippen LogP contribution is 2.20. The van der Waals surface area contributed by atoms with Crippen molar-refractivity contribution in [3.63, 3.8) is 0 Å². The van der Waals surface area contributed by atoms with Crippen LogP contribution in [-0.2, 0) is 0 Å². The van der Waals surface area contributed by atoms with Gasteiger partial charge in [0.25, 0.3) is 0 Å². The third-order valence-electron chi connectivity index (χ3n) is 2.51. The number of hydrogen-bond acceptors (Lipinski definition) is 1. The first-order valence-electron chi connectivity index (χ1n) is 4.67. The molecule has 0 unspecified atom stereocenters. The van der Waals surface area contributed by atoms with Gasteiger partial charge in [-0.1, -0.05) is 24.6 Å². The molecule has 0 aromatic heterocycles. The summed E-state index contributed by atoms with van der Waals surface area (Å²) in [4.78, 5) is 0. The lowest BCUT2D eigenvalue weighted by Gasteiger charge is -2.06. The molecule has 70 valence electrons. The zero-order valence-electron chi connectivity index (χ0n) is 8.59. The number of nitrogen functional groups attached to an aromatic ring is 1. The molecular weight excluding hydrogens is 158 g/mol. The molecule has 0 aliphatic rings. The fourth-order valence-corrected chi connectivity index (χ4v) is 1.24. The Bertz CT molecular complexity index is 306. The molecule has 0 saturated carbocycles. The van der Waals surface area contributed by atoms with E-state index in [1.807, 2.05) is 12.1 Å². The van der Waals surface area contributed by atoms with Gasteiger partial charge in [0.15, 0.2) is 0 Å². The Balaban J connectivity index is 3.02. The van der Waals surface area contributed by atoms with Crippen molar-refractivity contribution in [2.75, 3.05) is 5.73 Å². The van der Waals surface area contributed by atoms with E-state index in [1.54, 1.807) is 0 Å². The molecule has 1 aromatic rings. The van der Waals surface area contributed by atoms with Crippen LogP contribution in [-0.4, -0.2) is 0 Å². The van der Waals surface area contributed by atoms with Crippen LogP contribution in [0, 0.1) is 0 Å². The first kappa shape index (κ1) is 9.85. The van der Waals surface area contributed by atoms with Gasteiger partial charge in [-0.2, -0.15) is 0 Å². The van der Waals surface area contributed by atoms with Crippen molar-refractivity contribution in [3.05, 3.63) is 35.4 Å². The molecule has 13 heavy (non-hydrogen) atoms. The third kappa shape index (κ3) is 2.35. The summed E-state index contributed by atoms with van der Waals surface area (Å²) >= 11 is 0. The van der Waals surface area contributed by atoms with Gasteiger partial charge in [-0.05, 0) is 43.5 Å². The topological polar surface area (TPSA) is 26.0 Å². The average Bonchev–Trinajstić information content (AvgIpc) is 2.17. The Kier molecular flexibility index (Phi) is 3.13. The summed E-state index contributed by atoms with van der Waals surface area (Å²) in [7, 11) is 0. The van der Waals surface area contributed by atoms with Crippen molar-refractivity contribution in [2.24, 2.45) is 0 Å². The molecule has 0 aliphatic carbocycles. The number of nitrogens with two attached hydrogens (primary N) is 1. The normalized spacial score (nSPS) is 12.5. The minimum Gasteiger partial charge on any atom is -0.399 e. The van der Waals surface area contributed by atoms with E-state index in [1.165, 1.54) is 16.7 Å². The molecule has 0 heterocycles. The Morgan fingerprint density at radius 1 is 1.15 bits per heavy atom. The molecule has 2 N–H and O–H groups in total. The van der Waals surface area contributed by atoms with Crippen molar-refractivity contribution >= 4 is 11.3 Å². The predicted octanol–water partition coefficient (Wildman–Crippen LogP) is 3.47. The quantitative estimate of drug-likeness (QED) is 0.684. The van der Waals surface area contributed by atoms with E-state index in [0.717, 1.165) is 12.1 Å². The maximum Gasteiger partial charge on any atom is 0.0314 e. The highest BCUT2D eigenvalue weighted by Gasteiger charge is 1.98. The summed E-state index contributed by atoms with van der Waals surface area (Å²) in [6, 6.07) is 8.04. The molecular formula is C12H17N. The second kappa shape index (κ2) is 4.13. The van der Waals surface area contributed by atoms with Crippen molar-refractivity contribution in [3.8, 4) is 0 Å². The Hall–Kier alpha value is -1.24. The Labute approximate surface area is 80.3 Å². The molecule has 0 fully saturated rings. The smallest absolute Gasteiger partial charge is 0.0314 e. The van der Waals surface area contributed by atoms with Gasteiger partial charge in [0.05, 0.1) is 0 Å². The molecule has 0 atom stereocenters. The van der Waals surface area contributed by atoms with Crippen molar-refractivity contribution in [1.29, 1.82) is 0 Å². The van der Waals surface area contributed by atoms with Crippen LogP contribution in [0.1, 0.15) is 32.8 Å². The van der Waals surface area contributed by atoms with E-state index in [-0.39, 0.29) is 0 Å². The van der Waals surface area contributed by atoms with E-state index in [9.17, 15) is 0 Å². The second-order valence-corrected chi connectivity index (χ2v) is 3.38. The number of rotatable bonds is 2. The maximum atomic E-state index is 5.62. The highest BCUT2D eigenvalue weighted by atomic mass is 14.5. The van der Waals surface area contributed by atoms with E-state index >= 15 is 0 Å². The molecule has 0 bridgehead atoms. The zero-order chi connectivity index (χ0) is 9.84. The summed E-state index contributed by atoms with van der Waals surface area (Å²) in [6.45, 7) is 6.51. The van der Waals surface area contributed by atoms with Gasteiger partial charge in [-0.3, -0.25) is 0 Å². The summed E-state index contributed by atoms with van der Waals surface area (Å²) < 4.78 is 0. The lowest BCUT2D eigenvalue weighted by molar-refractivity contribution is 1.10. The van der Waals surface area contributed by atoms with E-state index < -0.39 is 0 Å². The average molecular weight is 175 g/mol. The van der Waals surface area contributed by atoms with Crippen molar-refractivity contribution in [1.82, 2.24) is 0 Å². The lowest BCUT2D eigenvalue weighted by Crippen LogP contribution is -1.87. The standard InChI is InChI=1S/C12H17N/c1-4-9(2)10(3)11-5-7-12(13)8-6-11/h5-8H,4,13H2,1-3H3. The van der Waals surface area contributed by atoms with Gasteiger partial charge in [0, 0.05) is 5.69 Å². The van der Waals surface area contributed by atoms with Crippen LogP contribution in [0.2, 0.25) is 0 Å². The molecule has 0 saturated heterocycles. The van der Waals surface area contributed by atoms with Crippen LogP contribution in [0.25, 0.3) is 5.57 Å². The summed E-state index contributed by atoms with van der Waals surface area (Å²) in [5.74, 6) is 0. The molecule has 0 spiro atoms. The van der Waals surface area contributed by atoms with E-state index in [4.69, 9.17) is 5.73 Å². The van der Waals surface area contributed by atoms with Crippen LogP contribution in [0.3, 0.4) is 0 Å². The minimum absolute atomic E-state index is 0.825. The van der Waals surface area contributed by atoms with E-state index in [0.29, 0.717) is 0 Å².